The molecule has 2 N–H and O–H groups in total. The molecule has 2 aromatic carbocycles. The second-order valence-electron chi connectivity index (χ2n) is 7.19. The fourth-order valence-electron chi connectivity index (χ4n) is 3.31. The number of nitrogens with zero attached hydrogens (tertiary/aromatic N) is 6. The molecule has 0 aliphatic carbocycles. The molecule has 0 spiro atoms. The van der Waals surface area contributed by atoms with Crippen molar-refractivity contribution in [3.63, 3.8) is 0 Å². The van der Waals surface area contributed by atoms with Crippen LogP contribution >= 0.6 is 0 Å². The summed E-state index contributed by atoms with van der Waals surface area (Å²) in [5.41, 5.74) is 10.0. The maximum Gasteiger partial charge on any atom is 0.221 e. The molecule has 3 aromatic rings. The molecule has 8 heteroatoms. The third kappa shape index (κ3) is 4.55. The van der Waals surface area contributed by atoms with Crippen molar-refractivity contribution in [1.29, 1.82) is 0 Å². The summed E-state index contributed by atoms with van der Waals surface area (Å²) in [6, 6.07) is 17.4. The van der Waals surface area contributed by atoms with Crippen LogP contribution in [-0.4, -0.2) is 60.2 Å². The summed E-state index contributed by atoms with van der Waals surface area (Å²) in [6.45, 7) is 3.79. The number of ether oxygens (including phenoxy) is 1. The molecule has 1 aromatic heterocycles. The van der Waals surface area contributed by atoms with E-state index >= 15 is 0 Å². The first kappa shape index (κ1) is 19.8. The number of methoxy groups -OCH3 is 1. The van der Waals surface area contributed by atoms with Gasteiger partial charge in [-0.25, -0.2) is 9.97 Å². The van der Waals surface area contributed by atoms with E-state index < -0.39 is 0 Å². The molecule has 154 valence electrons. The summed E-state index contributed by atoms with van der Waals surface area (Å²) < 4.78 is 5.45. The normalized spacial score (nSPS) is 14.9. The van der Waals surface area contributed by atoms with Crippen molar-refractivity contribution in [3.8, 4) is 28.3 Å². The van der Waals surface area contributed by atoms with Gasteiger partial charge in [0.1, 0.15) is 5.75 Å². The molecule has 0 atom stereocenters. The first-order valence-electron chi connectivity index (χ1n) is 9.86. The number of para-hydroxylation sites is 1. The zero-order chi connectivity index (χ0) is 20.9. The predicted molar refractivity (Wildman–Crippen MR) is 117 cm³/mol. The fraction of sp³-hybridized carbons (Fsp3) is 0.273. The smallest absolute Gasteiger partial charge is 0.221 e. The Labute approximate surface area is 176 Å². The molecule has 1 saturated heterocycles. The number of benzene rings is 2. The number of piperazine rings is 1. The van der Waals surface area contributed by atoms with Crippen LogP contribution in [0.1, 0.15) is 0 Å². The molecule has 8 nitrogen and oxygen atoms in total. The summed E-state index contributed by atoms with van der Waals surface area (Å²) in [5, 5.41) is 10.7. The van der Waals surface area contributed by atoms with Crippen LogP contribution in [0.25, 0.3) is 22.5 Å². The van der Waals surface area contributed by atoms with E-state index in [1.165, 1.54) is 0 Å². The Bertz CT molecular complexity index is 1030. The molecular formula is C22H25N7O. The summed E-state index contributed by atoms with van der Waals surface area (Å²) >= 11 is 0. The Kier molecular flexibility index (Phi) is 5.85. The molecule has 0 unspecified atom stereocenters. The zero-order valence-corrected chi connectivity index (χ0v) is 17.2. The Morgan fingerprint density at radius 1 is 0.933 bits per heavy atom. The maximum atomic E-state index is 5.99. The van der Waals surface area contributed by atoms with Gasteiger partial charge in [0.05, 0.1) is 37.3 Å². The van der Waals surface area contributed by atoms with Gasteiger partial charge in [-0.05, 0) is 37.4 Å². The number of nitrogens with two attached hydrogens (primary N) is 1. The van der Waals surface area contributed by atoms with E-state index in [4.69, 9.17) is 10.5 Å². The lowest BCUT2D eigenvalue weighted by molar-refractivity contribution is 0.150. The molecule has 1 fully saturated rings. The molecular weight excluding hydrogens is 378 g/mol. The zero-order valence-electron chi connectivity index (χ0n) is 17.2. The quantitative estimate of drug-likeness (QED) is 0.654. The standard InChI is InChI=1S/C22H25N7O/c1-28-11-13-29(14-12-28)27-26-17-9-7-16(8-10-17)19-15-20(25-22(23)24-19)18-5-3-4-6-21(18)30-2/h3-10,15H,11-14H2,1-2H3,(H2,23,24,25). The number of hydrogen-bond acceptors (Lipinski definition) is 7. The van der Waals surface area contributed by atoms with Gasteiger partial charge in [0.15, 0.2) is 0 Å². The van der Waals surface area contributed by atoms with Crippen LogP contribution in [0.5, 0.6) is 5.75 Å². The van der Waals surface area contributed by atoms with Crippen molar-refractivity contribution in [2.45, 2.75) is 0 Å². The molecule has 0 saturated carbocycles. The van der Waals surface area contributed by atoms with Crippen molar-refractivity contribution in [2.24, 2.45) is 10.3 Å². The predicted octanol–water partition coefficient (Wildman–Crippen LogP) is 3.65. The van der Waals surface area contributed by atoms with Crippen molar-refractivity contribution in [1.82, 2.24) is 19.9 Å². The highest BCUT2D eigenvalue weighted by Gasteiger charge is 2.12. The summed E-state index contributed by atoms with van der Waals surface area (Å²) in [6.07, 6.45) is 0. The monoisotopic (exact) mass is 403 g/mol. The maximum absolute atomic E-state index is 5.99. The largest absolute Gasteiger partial charge is 0.496 e. The van der Waals surface area contributed by atoms with Gasteiger partial charge in [-0.3, -0.25) is 5.01 Å². The van der Waals surface area contributed by atoms with Gasteiger partial charge in [-0.2, -0.15) is 0 Å². The van der Waals surface area contributed by atoms with Gasteiger partial charge in [-0.15, -0.1) is 5.11 Å². The molecule has 30 heavy (non-hydrogen) atoms. The van der Waals surface area contributed by atoms with Crippen LogP contribution in [-0.2, 0) is 0 Å². The second-order valence-corrected chi connectivity index (χ2v) is 7.19. The van der Waals surface area contributed by atoms with E-state index in [-0.39, 0.29) is 5.95 Å². The topological polar surface area (TPSA) is 92.2 Å². The average molecular weight is 403 g/mol. The second kappa shape index (κ2) is 8.87. The van der Waals surface area contributed by atoms with Crippen LogP contribution in [0.15, 0.2) is 64.9 Å². The highest BCUT2D eigenvalue weighted by molar-refractivity contribution is 5.73. The number of nitrogen functional groups attached to an aromatic ring is 1. The average Bonchev–Trinajstić information content (AvgIpc) is 2.78. The van der Waals surface area contributed by atoms with Crippen molar-refractivity contribution < 1.29 is 4.74 Å². The lowest BCUT2D eigenvalue weighted by atomic mass is 10.1. The molecule has 2 heterocycles. The highest BCUT2D eigenvalue weighted by Crippen LogP contribution is 2.31. The molecule has 0 radical (unpaired) electrons. The van der Waals surface area contributed by atoms with Gasteiger partial charge in [0, 0.05) is 24.2 Å². The van der Waals surface area contributed by atoms with Crippen LogP contribution in [0.3, 0.4) is 0 Å². The van der Waals surface area contributed by atoms with Crippen molar-refractivity contribution in [3.05, 3.63) is 54.6 Å². The molecule has 1 aliphatic rings. The molecule has 0 amide bonds. The molecule has 1 aliphatic heterocycles. The minimum Gasteiger partial charge on any atom is -0.496 e. The van der Waals surface area contributed by atoms with Gasteiger partial charge >= 0.3 is 0 Å². The van der Waals surface area contributed by atoms with Gasteiger partial charge < -0.3 is 15.4 Å². The summed E-state index contributed by atoms with van der Waals surface area (Å²) in [7, 11) is 3.76. The number of aromatic nitrogens is 2. The van der Waals surface area contributed by atoms with Gasteiger partial charge in [0.2, 0.25) is 5.95 Å². The number of rotatable bonds is 5. The number of likely N-dealkylation sites (N-methyl/N-ethyl adjacent to an activating group) is 1. The number of anilines is 1. The Morgan fingerprint density at radius 3 is 2.37 bits per heavy atom. The minimum atomic E-state index is 0.215. The third-order valence-electron chi connectivity index (χ3n) is 5.06. The van der Waals surface area contributed by atoms with E-state index in [9.17, 15) is 0 Å². The van der Waals surface area contributed by atoms with E-state index in [1.807, 2.05) is 59.6 Å². The number of hydrogen-bond donors (Lipinski definition) is 1. The lowest BCUT2D eigenvalue weighted by Gasteiger charge is -2.29. The van der Waals surface area contributed by atoms with Gasteiger partial charge in [0.25, 0.3) is 0 Å². The van der Waals surface area contributed by atoms with Crippen molar-refractivity contribution in [2.75, 3.05) is 46.1 Å². The lowest BCUT2D eigenvalue weighted by Crippen LogP contribution is -2.41. The Morgan fingerprint density at radius 2 is 1.63 bits per heavy atom. The van der Waals surface area contributed by atoms with E-state index in [0.717, 1.165) is 54.4 Å². The van der Waals surface area contributed by atoms with Crippen LogP contribution in [0.2, 0.25) is 0 Å². The van der Waals surface area contributed by atoms with E-state index in [0.29, 0.717) is 5.69 Å². The van der Waals surface area contributed by atoms with Crippen molar-refractivity contribution >= 4 is 11.6 Å². The van der Waals surface area contributed by atoms with Crippen LogP contribution in [0, 0.1) is 0 Å². The van der Waals surface area contributed by atoms with Gasteiger partial charge in [-0.1, -0.05) is 29.5 Å². The SMILES string of the molecule is COc1ccccc1-c1cc(-c2ccc(N=NN3CCN(C)CC3)cc2)nc(N)n1. The summed E-state index contributed by atoms with van der Waals surface area (Å²) in [5.74, 6) is 0.952. The fourth-order valence-corrected chi connectivity index (χ4v) is 3.31. The van der Waals surface area contributed by atoms with Crippen LogP contribution in [0.4, 0.5) is 11.6 Å². The Hall–Kier alpha value is -3.52. The molecule has 0 bridgehead atoms. The summed E-state index contributed by atoms with van der Waals surface area (Å²) in [4.78, 5) is 11.1. The third-order valence-corrected chi connectivity index (χ3v) is 5.06. The van der Waals surface area contributed by atoms with Crippen LogP contribution < -0.4 is 10.5 Å². The highest BCUT2D eigenvalue weighted by atomic mass is 16.5. The first-order valence-corrected chi connectivity index (χ1v) is 9.86. The minimum absolute atomic E-state index is 0.215. The van der Waals surface area contributed by atoms with E-state index in [1.54, 1.807) is 7.11 Å². The first-order chi connectivity index (χ1) is 14.6. The Balaban J connectivity index is 1.55. The van der Waals surface area contributed by atoms with E-state index in [2.05, 4.69) is 32.3 Å². The molecule has 4 rings (SSSR count).